The number of nitrogens with one attached hydrogen (secondary N) is 2. The summed E-state index contributed by atoms with van der Waals surface area (Å²) in [5.41, 5.74) is 2.24. The van der Waals surface area contributed by atoms with Crippen LogP contribution in [0.2, 0.25) is 0 Å². The lowest BCUT2D eigenvalue weighted by atomic mass is 9.97. The Morgan fingerprint density at radius 2 is 2.03 bits per heavy atom. The highest BCUT2D eigenvalue weighted by atomic mass is 127. The molecule has 0 spiro atoms. The number of aliphatic imine (C=N–C) groups is 1. The lowest BCUT2D eigenvalue weighted by Gasteiger charge is -2.38. The third kappa shape index (κ3) is 6.67. The minimum absolute atomic E-state index is 0. The zero-order chi connectivity index (χ0) is 20.6. The fourth-order valence-electron chi connectivity index (χ4n) is 3.75. The normalized spacial score (nSPS) is 19.5. The summed E-state index contributed by atoms with van der Waals surface area (Å²) in [6.45, 7) is 4.53. The third-order valence-electron chi connectivity index (χ3n) is 5.43. The van der Waals surface area contributed by atoms with Crippen molar-refractivity contribution in [3.8, 4) is 6.07 Å². The number of piperidine rings is 1. The van der Waals surface area contributed by atoms with Crippen molar-refractivity contribution in [2.24, 2.45) is 4.99 Å². The highest BCUT2D eigenvalue weighted by Gasteiger charge is 2.26. The predicted molar refractivity (Wildman–Crippen MR) is 129 cm³/mol. The molecule has 1 heterocycles. The number of likely N-dealkylation sites (tertiary alicyclic amines) is 1. The molecule has 2 aromatic carbocycles. The molecule has 1 aliphatic rings. The predicted octanol–water partition coefficient (Wildman–Crippen LogP) is 4.03. The summed E-state index contributed by atoms with van der Waals surface area (Å²) in [6, 6.07) is 17.8. The zero-order valence-corrected chi connectivity index (χ0v) is 19.8. The minimum Gasteiger partial charge on any atom is -0.354 e. The van der Waals surface area contributed by atoms with E-state index in [-0.39, 0.29) is 36.3 Å². The number of nitriles is 1. The molecule has 1 saturated heterocycles. The summed E-state index contributed by atoms with van der Waals surface area (Å²) in [5.74, 6) is 0.329. The summed E-state index contributed by atoms with van der Waals surface area (Å²) >= 11 is 0. The van der Waals surface area contributed by atoms with Gasteiger partial charge in [-0.25, -0.2) is 4.39 Å². The van der Waals surface area contributed by atoms with Gasteiger partial charge in [-0.2, -0.15) is 5.26 Å². The van der Waals surface area contributed by atoms with Crippen LogP contribution >= 0.6 is 24.0 Å². The fraction of sp³-hybridized carbons (Fsp3) is 0.391. The molecule has 0 radical (unpaired) electrons. The maximum Gasteiger partial charge on any atom is 0.191 e. The summed E-state index contributed by atoms with van der Waals surface area (Å²) in [7, 11) is 1.71. The number of hydrogen-bond donors (Lipinski definition) is 2. The van der Waals surface area contributed by atoms with E-state index in [0.29, 0.717) is 29.2 Å². The van der Waals surface area contributed by atoms with Crippen molar-refractivity contribution in [3.63, 3.8) is 0 Å². The summed E-state index contributed by atoms with van der Waals surface area (Å²) in [5, 5.41) is 15.6. The van der Waals surface area contributed by atoms with Gasteiger partial charge in [0.2, 0.25) is 0 Å². The van der Waals surface area contributed by atoms with Crippen molar-refractivity contribution in [1.82, 2.24) is 15.5 Å². The number of halogens is 2. The van der Waals surface area contributed by atoms with Crippen LogP contribution in [0.15, 0.2) is 53.5 Å². The highest BCUT2D eigenvalue weighted by Crippen LogP contribution is 2.20. The largest absolute Gasteiger partial charge is 0.354 e. The Morgan fingerprint density at radius 1 is 1.27 bits per heavy atom. The Hall–Kier alpha value is -2.18. The quantitative estimate of drug-likeness (QED) is 0.355. The molecule has 1 fully saturated rings. The van der Waals surface area contributed by atoms with Gasteiger partial charge in [-0.1, -0.05) is 30.3 Å². The first-order chi connectivity index (χ1) is 14.1. The zero-order valence-electron chi connectivity index (χ0n) is 17.4. The molecule has 7 heteroatoms. The molecule has 30 heavy (non-hydrogen) atoms. The molecule has 0 saturated carbocycles. The Balaban J connectivity index is 0.00000320. The molecule has 0 aromatic heterocycles. The number of rotatable bonds is 5. The van der Waals surface area contributed by atoms with Gasteiger partial charge in [-0.3, -0.25) is 9.89 Å². The lowest BCUT2D eigenvalue weighted by molar-refractivity contribution is 0.134. The first-order valence-corrected chi connectivity index (χ1v) is 10.0. The topological polar surface area (TPSA) is 63.5 Å². The van der Waals surface area contributed by atoms with Crippen molar-refractivity contribution in [2.75, 3.05) is 13.6 Å². The molecule has 2 N–H and O–H groups in total. The summed E-state index contributed by atoms with van der Waals surface area (Å²) in [4.78, 5) is 6.78. The average molecular weight is 521 g/mol. The summed E-state index contributed by atoms with van der Waals surface area (Å²) in [6.07, 6.45) is 2.04. The third-order valence-corrected chi connectivity index (χ3v) is 5.43. The van der Waals surface area contributed by atoms with E-state index in [1.54, 1.807) is 13.1 Å². The number of benzene rings is 2. The van der Waals surface area contributed by atoms with Crippen molar-refractivity contribution >= 4 is 29.9 Å². The monoisotopic (exact) mass is 521 g/mol. The Labute approximate surface area is 195 Å². The van der Waals surface area contributed by atoms with E-state index in [0.717, 1.165) is 25.9 Å². The second kappa shape index (κ2) is 11.9. The van der Waals surface area contributed by atoms with Crippen LogP contribution in [0.5, 0.6) is 0 Å². The van der Waals surface area contributed by atoms with Gasteiger partial charge in [0.1, 0.15) is 5.82 Å². The van der Waals surface area contributed by atoms with E-state index in [2.05, 4.69) is 51.7 Å². The molecule has 0 bridgehead atoms. The van der Waals surface area contributed by atoms with Crippen LogP contribution in [0.1, 0.15) is 36.5 Å². The van der Waals surface area contributed by atoms with Crippen LogP contribution in [-0.4, -0.2) is 36.5 Å². The first kappa shape index (κ1) is 24.1. The van der Waals surface area contributed by atoms with E-state index in [1.807, 2.05) is 12.1 Å². The molecule has 5 nitrogen and oxygen atoms in total. The molecule has 0 aliphatic carbocycles. The number of nitrogens with zero attached hydrogens (tertiary/aromatic N) is 3. The number of guanidine groups is 1. The van der Waals surface area contributed by atoms with Crippen LogP contribution in [0.4, 0.5) is 4.39 Å². The maximum absolute atomic E-state index is 14.0. The molecule has 2 aromatic rings. The maximum atomic E-state index is 14.0. The molecule has 0 amide bonds. The van der Waals surface area contributed by atoms with Gasteiger partial charge in [-0.15, -0.1) is 24.0 Å². The van der Waals surface area contributed by atoms with E-state index < -0.39 is 0 Å². The molecule has 160 valence electrons. The SMILES string of the molecule is CN=C(NCc1cc(C#N)ccc1F)NC1CCN(Cc2ccccc2)C(C)C1.I. The van der Waals surface area contributed by atoms with E-state index in [4.69, 9.17) is 5.26 Å². The second-order valence-electron chi connectivity index (χ2n) is 7.51. The van der Waals surface area contributed by atoms with E-state index in [9.17, 15) is 4.39 Å². The van der Waals surface area contributed by atoms with E-state index in [1.165, 1.54) is 17.7 Å². The first-order valence-electron chi connectivity index (χ1n) is 10.0. The van der Waals surface area contributed by atoms with Gasteiger partial charge >= 0.3 is 0 Å². The molecular formula is C23H29FIN5. The molecule has 2 atom stereocenters. The van der Waals surface area contributed by atoms with Crippen LogP contribution in [0.3, 0.4) is 0 Å². The molecular weight excluding hydrogens is 492 g/mol. The van der Waals surface area contributed by atoms with Crippen LogP contribution < -0.4 is 10.6 Å². The number of hydrogen-bond acceptors (Lipinski definition) is 3. The molecule has 2 unspecified atom stereocenters. The standard InChI is InChI=1S/C23H28FN5.HI/c1-17-12-21(10-11-29(17)16-18-6-4-3-5-7-18)28-23(26-2)27-15-20-13-19(14-25)8-9-22(20)24;/h3-9,13,17,21H,10-12,15-16H2,1-2H3,(H2,26,27,28);1H. The van der Waals surface area contributed by atoms with Gasteiger partial charge in [0.25, 0.3) is 0 Å². The molecule has 3 rings (SSSR count). The van der Waals surface area contributed by atoms with Crippen LogP contribution in [0.25, 0.3) is 0 Å². The Morgan fingerprint density at radius 3 is 2.70 bits per heavy atom. The second-order valence-corrected chi connectivity index (χ2v) is 7.51. The van der Waals surface area contributed by atoms with Gasteiger partial charge in [0.05, 0.1) is 11.6 Å². The van der Waals surface area contributed by atoms with Gasteiger partial charge in [0.15, 0.2) is 5.96 Å². The van der Waals surface area contributed by atoms with Crippen molar-refractivity contribution < 1.29 is 4.39 Å². The lowest BCUT2D eigenvalue weighted by Crippen LogP contribution is -2.51. The van der Waals surface area contributed by atoms with Crippen molar-refractivity contribution in [2.45, 2.75) is 44.9 Å². The van der Waals surface area contributed by atoms with Crippen LogP contribution in [0, 0.1) is 17.1 Å². The van der Waals surface area contributed by atoms with Crippen LogP contribution in [-0.2, 0) is 13.1 Å². The summed E-state index contributed by atoms with van der Waals surface area (Å²) < 4.78 is 14.0. The Bertz CT molecular complexity index is 881. The average Bonchev–Trinajstić information content (AvgIpc) is 2.74. The van der Waals surface area contributed by atoms with E-state index >= 15 is 0 Å². The van der Waals surface area contributed by atoms with Gasteiger partial charge < -0.3 is 10.6 Å². The fourth-order valence-corrected chi connectivity index (χ4v) is 3.75. The van der Waals surface area contributed by atoms with Crippen molar-refractivity contribution in [3.05, 3.63) is 71.0 Å². The Kier molecular flexibility index (Phi) is 9.53. The van der Waals surface area contributed by atoms with Crippen molar-refractivity contribution in [1.29, 1.82) is 5.26 Å². The molecule has 1 aliphatic heterocycles. The van der Waals surface area contributed by atoms with Gasteiger partial charge in [-0.05, 0) is 43.5 Å². The minimum atomic E-state index is -0.324. The smallest absolute Gasteiger partial charge is 0.191 e. The highest BCUT2D eigenvalue weighted by molar-refractivity contribution is 14.0. The van der Waals surface area contributed by atoms with Gasteiger partial charge in [0, 0.05) is 44.3 Å².